The molecule has 0 aliphatic heterocycles. The second-order valence-corrected chi connectivity index (χ2v) is 5.00. The van der Waals surface area contributed by atoms with Gasteiger partial charge in [0.15, 0.2) is 0 Å². The van der Waals surface area contributed by atoms with Crippen molar-refractivity contribution in [3.8, 4) is 5.69 Å². The molecule has 0 saturated heterocycles. The van der Waals surface area contributed by atoms with Gasteiger partial charge < -0.3 is 9.64 Å². The van der Waals surface area contributed by atoms with Crippen molar-refractivity contribution in [2.24, 2.45) is 0 Å². The summed E-state index contributed by atoms with van der Waals surface area (Å²) in [5.41, 5.74) is 2.07. The van der Waals surface area contributed by atoms with Crippen LogP contribution in [-0.2, 0) is 16.1 Å². The van der Waals surface area contributed by atoms with E-state index in [2.05, 4.69) is 14.7 Å². The molecule has 0 spiro atoms. The summed E-state index contributed by atoms with van der Waals surface area (Å²) in [5.74, 6) is -0.156. The molecular formula is C16H21N3O2. The quantitative estimate of drug-likeness (QED) is 0.733. The highest BCUT2D eigenvalue weighted by atomic mass is 16.5. The van der Waals surface area contributed by atoms with Gasteiger partial charge in [0.25, 0.3) is 0 Å². The minimum Gasteiger partial charge on any atom is -0.469 e. The number of aromatic nitrogens is 2. The van der Waals surface area contributed by atoms with Crippen molar-refractivity contribution < 1.29 is 9.53 Å². The van der Waals surface area contributed by atoms with Crippen molar-refractivity contribution >= 4 is 5.97 Å². The molecule has 2 rings (SSSR count). The van der Waals surface area contributed by atoms with E-state index in [1.54, 1.807) is 0 Å². The van der Waals surface area contributed by atoms with E-state index in [4.69, 9.17) is 0 Å². The average molecular weight is 287 g/mol. The van der Waals surface area contributed by atoms with E-state index < -0.39 is 0 Å². The monoisotopic (exact) mass is 287 g/mol. The second-order valence-electron chi connectivity index (χ2n) is 5.00. The first-order valence-corrected chi connectivity index (χ1v) is 7.04. The molecule has 0 saturated carbocycles. The molecule has 0 amide bonds. The Bertz CT molecular complexity index is 566. The van der Waals surface area contributed by atoms with Gasteiger partial charge in [0.2, 0.25) is 0 Å². The van der Waals surface area contributed by atoms with Gasteiger partial charge in [0.1, 0.15) is 0 Å². The number of methoxy groups -OCH3 is 1. The highest BCUT2D eigenvalue weighted by molar-refractivity contribution is 5.69. The average Bonchev–Trinajstić information content (AvgIpc) is 2.96. The van der Waals surface area contributed by atoms with Crippen molar-refractivity contribution in [3.63, 3.8) is 0 Å². The van der Waals surface area contributed by atoms with Crippen LogP contribution in [0.5, 0.6) is 0 Å². The summed E-state index contributed by atoms with van der Waals surface area (Å²) in [5, 5.41) is 4.56. The Morgan fingerprint density at radius 3 is 2.76 bits per heavy atom. The molecule has 0 radical (unpaired) electrons. The van der Waals surface area contributed by atoms with Crippen molar-refractivity contribution in [1.82, 2.24) is 14.7 Å². The minimum absolute atomic E-state index is 0.156. The highest BCUT2D eigenvalue weighted by Crippen LogP contribution is 2.08. The summed E-state index contributed by atoms with van der Waals surface area (Å²) in [6.45, 7) is 1.61. The number of carbonyl (C=O) groups is 1. The Balaban J connectivity index is 1.83. The predicted molar refractivity (Wildman–Crippen MR) is 81.1 cm³/mol. The van der Waals surface area contributed by atoms with E-state index in [0.717, 1.165) is 30.9 Å². The number of carbonyl (C=O) groups excluding carboxylic acids is 1. The van der Waals surface area contributed by atoms with Crippen LogP contribution in [-0.4, -0.2) is 41.4 Å². The first kappa shape index (κ1) is 15.3. The van der Waals surface area contributed by atoms with Crippen LogP contribution in [0.15, 0.2) is 42.6 Å². The molecule has 0 fully saturated rings. The number of hydrogen-bond donors (Lipinski definition) is 0. The van der Waals surface area contributed by atoms with Crippen LogP contribution in [0.1, 0.15) is 18.5 Å². The summed E-state index contributed by atoms with van der Waals surface area (Å²) in [6, 6.07) is 12.0. The molecule has 0 N–H and O–H groups in total. The molecule has 1 aromatic heterocycles. The van der Waals surface area contributed by atoms with E-state index in [9.17, 15) is 4.79 Å². The van der Waals surface area contributed by atoms with Crippen LogP contribution in [0, 0.1) is 0 Å². The number of hydrogen-bond acceptors (Lipinski definition) is 4. The molecule has 0 atom stereocenters. The Kier molecular flexibility index (Phi) is 5.51. The van der Waals surface area contributed by atoms with Gasteiger partial charge in [-0.15, -0.1) is 0 Å². The number of ether oxygens (including phenoxy) is 1. The normalized spacial score (nSPS) is 10.8. The Labute approximate surface area is 125 Å². The summed E-state index contributed by atoms with van der Waals surface area (Å²) in [4.78, 5) is 13.2. The summed E-state index contributed by atoms with van der Waals surface area (Å²) < 4.78 is 6.50. The van der Waals surface area contributed by atoms with Crippen molar-refractivity contribution in [2.75, 3.05) is 20.7 Å². The molecule has 2 aromatic rings. The third kappa shape index (κ3) is 4.72. The first-order valence-electron chi connectivity index (χ1n) is 7.04. The molecule has 5 heteroatoms. The lowest BCUT2D eigenvalue weighted by molar-refractivity contribution is -0.140. The minimum atomic E-state index is -0.156. The fourth-order valence-electron chi connectivity index (χ4n) is 2.12. The van der Waals surface area contributed by atoms with Crippen LogP contribution >= 0.6 is 0 Å². The van der Waals surface area contributed by atoms with E-state index >= 15 is 0 Å². The predicted octanol–water partition coefficient (Wildman–Crippen LogP) is 2.26. The van der Waals surface area contributed by atoms with Crippen LogP contribution in [0.3, 0.4) is 0 Å². The molecule has 1 aromatic carbocycles. The van der Waals surface area contributed by atoms with Gasteiger partial charge in [-0.25, -0.2) is 4.68 Å². The van der Waals surface area contributed by atoms with Crippen molar-refractivity contribution in [1.29, 1.82) is 0 Å². The zero-order valence-corrected chi connectivity index (χ0v) is 12.5. The number of benzene rings is 1. The van der Waals surface area contributed by atoms with Crippen molar-refractivity contribution in [2.45, 2.75) is 19.4 Å². The molecule has 0 aliphatic rings. The van der Waals surface area contributed by atoms with Gasteiger partial charge in [-0.2, -0.15) is 5.10 Å². The van der Waals surface area contributed by atoms with Crippen molar-refractivity contribution in [3.05, 3.63) is 48.3 Å². The van der Waals surface area contributed by atoms with E-state index in [0.29, 0.717) is 6.42 Å². The third-order valence-corrected chi connectivity index (χ3v) is 3.25. The smallest absolute Gasteiger partial charge is 0.305 e. The lowest BCUT2D eigenvalue weighted by Gasteiger charge is -2.14. The zero-order valence-electron chi connectivity index (χ0n) is 12.5. The van der Waals surface area contributed by atoms with Crippen LogP contribution in [0.4, 0.5) is 0 Å². The molecular weight excluding hydrogens is 266 g/mol. The van der Waals surface area contributed by atoms with Gasteiger partial charge in [-0.05, 0) is 38.2 Å². The molecule has 112 valence electrons. The van der Waals surface area contributed by atoms with Gasteiger partial charge in [0.05, 0.1) is 18.5 Å². The van der Waals surface area contributed by atoms with Gasteiger partial charge >= 0.3 is 5.97 Å². The third-order valence-electron chi connectivity index (χ3n) is 3.25. The zero-order chi connectivity index (χ0) is 15.1. The molecule has 1 heterocycles. The maximum Gasteiger partial charge on any atom is 0.305 e. The first-order chi connectivity index (χ1) is 10.2. The van der Waals surface area contributed by atoms with Gasteiger partial charge in [0, 0.05) is 19.2 Å². The number of para-hydroxylation sites is 1. The number of nitrogens with zero attached hydrogens (tertiary/aromatic N) is 3. The van der Waals surface area contributed by atoms with Crippen LogP contribution in [0.25, 0.3) is 5.69 Å². The SMILES string of the molecule is COC(=O)CCCN(C)Cc1ccn(-c2ccccc2)n1. The molecule has 0 bridgehead atoms. The maximum absolute atomic E-state index is 11.1. The Morgan fingerprint density at radius 1 is 1.29 bits per heavy atom. The standard InChI is InChI=1S/C16H21N3O2/c1-18(11-6-9-16(20)21-2)13-14-10-12-19(17-14)15-7-4-3-5-8-15/h3-5,7-8,10,12H,6,9,11,13H2,1-2H3. The summed E-state index contributed by atoms with van der Waals surface area (Å²) >= 11 is 0. The van der Waals surface area contributed by atoms with E-state index in [1.165, 1.54) is 7.11 Å². The Morgan fingerprint density at radius 2 is 2.05 bits per heavy atom. The van der Waals surface area contributed by atoms with Crippen LogP contribution in [0.2, 0.25) is 0 Å². The fraction of sp³-hybridized carbons (Fsp3) is 0.375. The molecule has 5 nitrogen and oxygen atoms in total. The van der Waals surface area contributed by atoms with Gasteiger partial charge in [-0.1, -0.05) is 18.2 Å². The summed E-state index contributed by atoms with van der Waals surface area (Å²) in [7, 11) is 3.45. The van der Waals surface area contributed by atoms with Gasteiger partial charge in [-0.3, -0.25) is 4.79 Å². The molecule has 0 unspecified atom stereocenters. The summed E-state index contributed by atoms with van der Waals surface area (Å²) in [6.07, 6.45) is 3.22. The molecule has 0 aliphatic carbocycles. The highest BCUT2D eigenvalue weighted by Gasteiger charge is 2.06. The number of rotatable bonds is 7. The van der Waals surface area contributed by atoms with E-state index in [1.807, 2.05) is 54.3 Å². The Hall–Kier alpha value is -2.14. The number of esters is 1. The largest absolute Gasteiger partial charge is 0.469 e. The maximum atomic E-state index is 11.1. The van der Waals surface area contributed by atoms with Crippen LogP contribution < -0.4 is 0 Å². The van der Waals surface area contributed by atoms with E-state index in [-0.39, 0.29) is 5.97 Å². The topological polar surface area (TPSA) is 47.4 Å². The molecule has 21 heavy (non-hydrogen) atoms. The fourth-order valence-corrected chi connectivity index (χ4v) is 2.12. The second kappa shape index (κ2) is 7.59. The lowest BCUT2D eigenvalue weighted by atomic mass is 10.3. The lowest BCUT2D eigenvalue weighted by Crippen LogP contribution is -2.20.